The molecule has 44 heavy (non-hydrogen) atoms. The maximum Gasteiger partial charge on any atom is 0.264 e. The molecule has 1 N–H and O–H groups in total. The molecular weight excluding hydrogens is 642 g/mol. The van der Waals surface area contributed by atoms with Crippen molar-refractivity contribution in [2.24, 2.45) is 0 Å². The van der Waals surface area contributed by atoms with Crippen molar-refractivity contribution in [1.82, 2.24) is 10.2 Å². The molecule has 8 nitrogen and oxygen atoms in total. The van der Waals surface area contributed by atoms with Gasteiger partial charge >= 0.3 is 0 Å². The lowest BCUT2D eigenvalue weighted by Gasteiger charge is -2.34. The molecule has 4 aromatic rings. The zero-order chi connectivity index (χ0) is 31.7. The minimum Gasteiger partial charge on any atom is -0.497 e. The first-order chi connectivity index (χ1) is 21.1. The van der Waals surface area contributed by atoms with Gasteiger partial charge in [-0.1, -0.05) is 82.2 Å². The van der Waals surface area contributed by atoms with Crippen LogP contribution in [0, 0.1) is 6.92 Å². The van der Waals surface area contributed by atoms with Crippen LogP contribution in [-0.4, -0.2) is 51.4 Å². The van der Waals surface area contributed by atoms with Gasteiger partial charge in [0, 0.05) is 24.0 Å². The number of anilines is 1. The van der Waals surface area contributed by atoms with Crippen LogP contribution in [0.5, 0.6) is 5.75 Å². The Morgan fingerprint density at radius 3 is 2.23 bits per heavy atom. The first kappa shape index (κ1) is 32.8. The Hall–Kier alpha value is -4.15. The molecule has 0 aromatic heterocycles. The molecular formula is C34H36BrN3O5S. The Labute approximate surface area is 267 Å². The van der Waals surface area contributed by atoms with Crippen molar-refractivity contribution in [2.45, 2.75) is 37.8 Å². The number of halogens is 1. The number of sulfonamides is 1. The molecule has 0 heterocycles. The number of carbonyl (C=O) groups is 2. The summed E-state index contributed by atoms with van der Waals surface area (Å²) in [6, 6.07) is 29.0. The predicted molar refractivity (Wildman–Crippen MR) is 176 cm³/mol. The number of hydrogen-bond acceptors (Lipinski definition) is 5. The fourth-order valence-electron chi connectivity index (χ4n) is 4.81. The summed E-state index contributed by atoms with van der Waals surface area (Å²) in [6.45, 7) is 3.59. The van der Waals surface area contributed by atoms with Crippen LogP contribution in [0.15, 0.2) is 112 Å². The summed E-state index contributed by atoms with van der Waals surface area (Å²) in [5.41, 5.74) is 2.82. The standard InChI is InChI=1S/C34H36BrN3O5S/c1-4-36-34(40)32(21-26-10-6-5-7-11-26)37(23-27-12-8-15-30(20-27)43-3)33(39)24-38(29-14-9-13-28(35)22-29)44(41,42)31-18-16-25(2)17-19-31/h5-20,22,32H,4,21,23-24H2,1-3H3,(H,36,40). The Bertz CT molecular complexity index is 1680. The average Bonchev–Trinajstić information content (AvgIpc) is 3.02. The van der Waals surface area contributed by atoms with E-state index < -0.39 is 28.5 Å². The molecule has 0 spiro atoms. The maximum absolute atomic E-state index is 14.4. The lowest BCUT2D eigenvalue weighted by Crippen LogP contribution is -2.53. The van der Waals surface area contributed by atoms with E-state index in [1.807, 2.05) is 56.3 Å². The van der Waals surface area contributed by atoms with Crippen LogP contribution >= 0.6 is 15.9 Å². The minimum absolute atomic E-state index is 0.0554. The zero-order valence-electron chi connectivity index (χ0n) is 24.9. The second kappa shape index (κ2) is 15.0. The molecule has 10 heteroatoms. The lowest BCUT2D eigenvalue weighted by atomic mass is 10.0. The third-order valence-corrected chi connectivity index (χ3v) is 9.37. The summed E-state index contributed by atoms with van der Waals surface area (Å²) >= 11 is 3.43. The minimum atomic E-state index is -4.17. The Morgan fingerprint density at radius 2 is 1.57 bits per heavy atom. The molecule has 0 radical (unpaired) electrons. The number of carbonyl (C=O) groups excluding carboxylic acids is 2. The summed E-state index contributed by atoms with van der Waals surface area (Å²) in [6.07, 6.45) is 0.240. The van der Waals surface area contributed by atoms with Gasteiger partial charge in [0.05, 0.1) is 17.7 Å². The number of amides is 2. The highest BCUT2D eigenvalue weighted by Crippen LogP contribution is 2.28. The van der Waals surface area contributed by atoms with Gasteiger partial charge in [-0.05, 0) is 67.4 Å². The van der Waals surface area contributed by atoms with E-state index in [2.05, 4.69) is 21.2 Å². The molecule has 0 aliphatic carbocycles. The number of rotatable bonds is 13. The van der Waals surface area contributed by atoms with Crippen molar-refractivity contribution < 1.29 is 22.7 Å². The molecule has 4 rings (SSSR count). The SMILES string of the molecule is CCNC(=O)C(Cc1ccccc1)N(Cc1cccc(OC)c1)C(=O)CN(c1cccc(Br)c1)S(=O)(=O)c1ccc(C)cc1. The van der Waals surface area contributed by atoms with Crippen LogP contribution in [0.25, 0.3) is 0 Å². The monoisotopic (exact) mass is 677 g/mol. The van der Waals surface area contributed by atoms with E-state index in [-0.39, 0.29) is 23.8 Å². The molecule has 2 amide bonds. The van der Waals surface area contributed by atoms with Crippen LogP contribution in [0.1, 0.15) is 23.6 Å². The van der Waals surface area contributed by atoms with Gasteiger partial charge < -0.3 is 15.0 Å². The fraction of sp³-hybridized carbons (Fsp3) is 0.235. The van der Waals surface area contributed by atoms with Crippen LogP contribution in [0.2, 0.25) is 0 Å². The largest absolute Gasteiger partial charge is 0.497 e. The molecule has 0 aliphatic rings. The predicted octanol–water partition coefficient (Wildman–Crippen LogP) is 5.74. The van der Waals surface area contributed by atoms with Gasteiger partial charge in [0.15, 0.2) is 0 Å². The number of hydrogen-bond donors (Lipinski definition) is 1. The molecule has 1 atom stereocenters. The van der Waals surface area contributed by atoms with Crippen LogP contribution in [-0.2, 0) is 32.6 Å². The van der Waals surface area contributed by atoms with Crippen molar-refractivity contribution in [2.75, 3.05) is 24.5 Å². The van der Waals surface area contributed by atoms with Crippen LogP contribution in [0.4, 0.5) is 5.69 Å². The van der Waals surface area contributed by atoms with Crippen molar-refractivity contribution >= 4 is 43.5 Å². The van der Waals surface area contributed by atoms with Gasteiger partial charge in [0.2, 0.25) is 11.8 Å². The third kappa shape index (κ3) is 8.27. The maximum atomic E-state index is 14.4. The summed E-state index contributed by atoms with van der Waals surface area (Å²) < 4.78 is 35.3. The van der Waals surface area contributed by atoms with Crippen molar-refractivity contribution in [3.63, 3.8) is 0 Å². The van der Waals surface area contributed by atoms with Gasteiger partial charge in [0.1, 0.15) is 18.3 Å². The third-order valence-electron chi connectivity index (χ3n) is 7.09. The highest BCUT2D eigenvalue weighted by molar-refractivity contribution is 9.10. The number of nitrogens with zero attached hydrogens (tertiary/aromatic N) is 2. The first-order valence-electron chi connectivity index (χ1n) is 14.2. The summed E-state index contributed by atoms with van der Waals surface area (Å²) in [5.74, 6) is -0.260. The number of methoxy groups -OCH3 is 1. The molecule has 0 fully saturated rings. The topological polar surface area (TPSA) is 96.0 Å². The smallest absolute Gasteiger partial charge is 0.264 e. The van der Waals surface area contributed by atoms with E-state index in [9.17, 15) is 18.0 Å². The van der Waals surface area contributed by atoms with Crippen molar-refractivity contribution in [3.8, 4) is 5.75 Å². The fourth-order valence-corrected chi connectivity index (χ4v) is 6.60. The van der Waals surface area contributed by atoms with Crippen molar-refractivity contribution in [3.05, 3.63) is 124 Å². The highest BCUT2D eigenvalue weighted by Gasteiger charge is 2.34. The van der Waals surface area contributed by atoms with E-state index in [1.54, 1.807) is 55.6 Å². The molecule has 0 bridgehead atoms. The number of aryl methyl sites for hydroxylation is 1. The molecule has 0 saturated carbocycles. The number of ether oxygens (including phenoxy) is 1. The van der Waals surface area contributed by atoms with Crippen LogP contribution in [0.3, 0.4) is 0 Å². The van der Waals surface area contributed by atoms with E-state index >= 15 is 0 Å². The Balaban J connectivity index is 1.80. The van der Waals surface area contributed by atoms with Gasteiger partial charge in [-0.3, -0.25) is 13.9 Å². The van der Waals surface area contributed by atoms with Gasteiger partial charge in [-0.15, -0.1) is 0 Å². The molecule has 4 aromatic carbocycles. The summed E-state index contributed by atoms with van der Waals surface area (Å²) in [5, 5.41) is 2.87. The second-order valence-corrected chi connectivity index (χ2v) is 13.1. The van der Waals surface area contributed by atoms with Crippen molar-refractivity contribution in [1.29, 1.82) is 0 Å². The summed E-state index contributed by atoms with van der Waals surface area (Å²) in [4.78, 5) is 29.5. The Kier molecular flexibility index (Phi) is 11.2. The van der Waals surface area contributed by atoms with Gasteiger partial charge in [-0.25, -0.2) is 8.42 Å². The van der Waals surface area contributed by atoms with E-state index in [4.69, 9.17) is 4.74 Å². The first-order valence-corrected chi connectivity index (χ1v) is 16.4. The van der Waals surface area contributed by atoms with E-state index in [1.165, 1.54) is 17.0 Å². The highest BCUT2D eigenvalue weighted by atomic mass is 79.9. The average molecular weight is 679 g/mol. The number of benzene rings is 4. The number of likely N-dealkylation sites (N-methyl/N-ethyl adjacent to an activating group) is 1. The normalized spacial score (nSPS) is 11.8. The summed E-state index contributed by atoms with van der Waals surface area (Å²) in [7, 11) is -2.61. The number of nitrogens with one attached hydrogen (secondary N) is 1. The van der Waals surface area contributed by atoms with E-state index in [0.29, 0.717) is 22.5 Å². The lowest BCUT2D eigenvalue weighted by molar-refractivity contribution is -0.140. The molecule has 230 valence electrons. The molecule has 1 unspecified atom stereocenters. The molecule has 0 saturated heterocycles. The second-order valence-electron chi connectivity index (χ2n) is 10.3. The van der Waals surface area contributed by atoms with E-state index in [0.717, 1.165) is 21.0 Å². The zero-order valence-corrected chi connectivity index (χ0v) is 27.3. The van der Waals surface area contributed by atoms with Gasteiger partial charge in [0.25, 0.3) is 10.0 Å². The quantitative estimate of drug-likeness (QED) is 0.195. The van der Waals surface area contributed by atoms with Gasteiger partial charge in [-0.2, -0.15) is 0 Å². The van der Waals surface area contributed by atoms with Crippen LogP contribution < -0.4 is 14.4 Å². The molecule has 0 aliphatic heterocycles. The Morgan fingerprint density at radius 1 is 0.886 bits per heavy atom.